The first-order chi connectivity index (χ1) is 10.0. The Morgan fingerprint density at radius 1 is 1.19 bits per heavy atom. The lowest BCUT2D eigenvalue weighted by Gasteiger charge is -2.09. The van der Waals surface area contributed by atoms with Gasteiger partial charge < -0.3 is 15.2 Å². The Morgan fingerprint density at radius 2 is 1.90 bits per heavy atom. The smallest absolute Gasteiger partial charge is 0.297 e. The molecular weight excluding hydrogens is 338 g/mol. The van der Waals surface area contributed by atoms with Crippen molar-refractivity contribution in [1.29, 1.82) is 0 Å². The average molecular weight is 350 g/mol. The number of ketones is 1. The van der Waals surface area contributed by atoms with Crippen LogP contribution in [0.5, 0.6) is 11.5 Å². The topological polar surface area (TPSA) is 75.6 Å². The summed E-state index contributed by atoms with van der Waals surface area (Å²) in [6.07, 6.45) is 0. The summed E-state index contributed by atoms with van der Waals surface area (Å²) in [5.41, 5.74) is 0.310. The third-order valence-corrected chi connectivity index (χ3v) is 3.26. The molecule has 0 aliphatic rings. The Morgan fingerprint density at radius 3 is 2.57 bits per heavy atom. The number of methoxy groups -OCH3 is 1. The number of anilines is 1. The molecule has 0 fully saturated rings. The number of Topliss-reactive ketones (excluding diaryl/α,β-unsaturated/α-hetero) is 1. The van der Waals surface area contributed by atoms with Gasteiger partial charge in [0.05, 0.1) is 18.4 Å². The summed E-state index contributed by atoms with van der Waals surface area (Å²) in [6, 6.07) is 11.0. The van der Waals surface area contributed by atoms with Crippen LogP contribution in [-0.2, 0) is 4.79 Å². The van der Waals surface area contributed by atoms with E-state index in [1.54, 1.807) is 24.3 Å². The van der Waals surface area contributed by atoms with E-state index in [2.05, 4.69) is 21.2 Å². The predicted octanol–water partition coefficient (Wildman–Crippen LogP) is 2.98. The third-order valence-electron chi connectivity index (χ3n) is 2.76. The van der Waals surface area contributed by atoms with Crippen LogP contribution in [-0.4, -0.2) is 23.9 Å². The highest BCUT2D eigenvalue weighted by Crippen LogP contribution is 2.25. The van der Waals surface area contributed by atoms with Gasteiger partial charge in [-0.3, -0.25) is 9.59 Å². The fraction of sp³-hybridized carbons (Fsp3) is 0.0667. The molecule has 0 radical (unpaired) electrons. The number of halogens is 1. The maximum absolute atomic E-state index is 12.2. The van der Waals surface area contributed by atoms with Gasteiger partial charge in [-0.1, -0.05) is 28.1 Å². The molecule has 5 nitrogen and oxygen atoms in total. The minimum Gasteiger partial charge on any atom is -0.506 e. The van der Waals surface area contributed by atoms with E-state index in [0.717, 1.165) is 0 Å². The molecule has 0 saturated carbocycles. The van der Waals surface area contributed by atoms with E-state index in [4.69, 9.17) is 4.74 Å². The van der Waals surface area contributed by atoms with E-state index in [-0.39, 0.29) is 17.0 Å². The summed E-state index contributed by atoms with van der Waals surface area (Å²) in [6.45, 7) is 0. The first-order valence-electron chi connectivity index (χ1n) is 6.00. The summed E-state index contributed by atoms with van der Waals surface area (Å²) >= 11 is 3.24. The molecule has 0 saturated heterocycles. The van der Waals surface area contributed by atoms with Crippen LogP contribution in [0.2, 0.25) is 0 Å². The third kappa shape index (κ3) is 3.41. The molecule has 0 bridgehead atoms. The van der Waals surface area contributed by atoms with Gasteiger partial charge in [-0.2, -0.15) is 0 Å². The number of nitrogens with one attached hydrogen (secondary N) is 1. The van der Waals surface area contributed by atoms with Crippen molar-refractivity contribution in [3.05, 3.63) is 52.5 Å². The Hall–Kier alpha value is -2.34. The second kappa shape index (κ2) is 6.41. The number of carbonyl (C=O) groups is 2. The normalized spacial score (nSPS) is 10.0. The molecule has 6 heteroatoms. The molecule has 0 aliphatic heterocycles. The summed E-state index contributed by atoms with van der Waals surface area (Å²) in [4.78, 5) is 24.2. The molecular formula is C15H12BrNO4. The molecule has 0 atom stereocenters. The van der Waals surface area contributed by atoms with Gasteiger partial charge in [-0.25, -0.2) is 0 Å². The lowest BCUT2D eigenvalue weighted by atomic mass is 10.1. The highest BCUT2D eigenvalue weighted by Gasteiger charge is 2.21. The Balaban J connectivity index is 2.26. The monoisotopic (exact) mass is 349 g/mol. The van der Waals surface area contributed by atoms with Crippen LogP contribution in [0.15, 0.2) is 46.9 Å². The predicted molar refractivity (Wildman–Crippen MR) is 81.8 cm³/mol. The van der Waals surface area contributed by atoms with Crippen LogP contribution in [0.25, 0.3) is 0 Å². The van der Waals surface area contributed by atoms with Crippen LogP contribution in [0.1, 0.15) is 10.4 Å². The van der Waals surface area contributed by atoms with Crippen LogP contribution in [0, 0.1) is 0 Å². The van der Waals surface area contributed by atoms with Gasteiger partial charge >= 0.3 is 0 Å². The number of ether oxygens (including phenoxy) is 1. The lowest BCUT2D eigenvalue weighted by Crippen LogP contribution is -2.23. The quantitative estimate of drug-likeness (QED) is 0.505. The van der Waals surface area contributed by atoms with E-state index in [1.807, 2.05) is 0 Å². The molecule has 0 aromatic heterocycles. The zero-order valence-electron chi connectivity index (χ0n) is 11.1. The molecule has 2 aromatic rings. The first kappa shape index (κ1) is 15.1. The van der Waals surface area contributed by atoms with Crippen LogP contribution < -0.4 is 10.1 Å². The summed E-state index contributed by atoms with van der Waals surface area (Å²) in [5, 5.41) is 12.0. The number of rotatable bonds is 4. The minimum absolute atomic E-state index is 0.111. The fourth-order valence-corrected chi connectivity index (χ4v) is 2.10. The molecule has 0 aliphatic carbocycles. The van der Waals surface area contributed by atoms with E-state index >= 15 is 0 Å². The Labute approximate surface area is 129 Å². The maximum Gasteiger partial charge on any atom is 0.297 e. The number of hydrogen-bond donors (Lipinski definition) is 2. The van der Waals surface area contributed by atoms with Gasteiger partial charge in [0.2, 0.25) is 0 Å². The Bertz CT molecular complexity index is 700. The fourth-order valence-electron chi connectivity index (χ4n) is 1.74. The van der Waals surface area contributed by atoms with Crippen molar-refractivity contribution in [2.24, 2.45) is 0 Å². The number of hydrogen-bond acceptors (Lipinski definition) is 4. The molecule has 108 valence electrons. The standard InChI is InChI=1S/C15H12BrNO4/c1-21-13-7-6-9(16)8-10(13)14(19)15(20)17-11-4-2-3-5-12(11)18/h2-8,18H,1H3,(H,17,20). The second-order valence-electron chi connectivity index (χ2n) is 4.15. The highest BCUT2D eigenvalue weighted by molar-refractivity contribution is 9.10. The van der Waals surface area contributed by atoms with E-state index < -0.39 is 11.7 Å². The minimum atomic E-state index is -0.854. The highest BCUT2D eigenvalue weighted by atomic mass is 79.9. The SMILES string of the molecule is COc1ccc(Br)cc1C(=O)C(=O)Nc1ccccc1O. The van der Waals surface area contributed by atoms with Gasteiger partial charge in [0.25, 0.3) is 11.7 Å². The number of carbonyl (C=O) groups excluding carboxylic acids is 2. The van der Waals surface area contributed by atoms with Crippen molar-refractivity contribution < 1.29 is 19.4 Å². The van der Waals surface area contributed by atoms with Crippen molar-refractivity contribution in [2.45, 2.75) is 0 Å². The summed E-state index contributed by atoms with van der Waals surface area (Å²) in [5.74, 6) is -1.42. The van der Waals surface area contributed by atoms with Crippen molar-refractivity contribution in [3.63, 3.8) is 0 Å². The van der Waals surface area contributed by atoms with Crippen molar-refractivity contribution in [2.75, 3.05) is 12.4 Å². The molecule has 0 spiro atoms. The zero-order valence-corrected chi connectivity index (χ0v) is 12.7. The van der Waals surface area contributed by atoms with Crippen LogP contribution in [0.4, 0.5) is 5.69 Å². The molecule has 21 heavy (non-hydrogen) atoms. The molecule has 2 rings (SSSR count). The lowest BCUT2D eigenvalue weighted by molar-refractivity contribution is -0.112. The molecule has 2 aromatic carbocycles. The van der Waals surface area contributed by atoms with E-state index in [0.29, 0.717) is 10.2 Å². The van der Waals surface area contributed by atoms with Gasteiger partial charge in [-0.05, 0) is 30.3 Å². The molecule has 2 N–H and O–H groups in total. The number of phenols is 1. The van der Waals surface area contributed by atoms with Gasteiger partial charge in [0.1, 0.15) is 11.5 Å². The summed E-state index contributed by atoms with van der Waals surface area (Å²) < 4.78 is 5.73. The molecule has 0 unspecified atom stereocenters. The van der Waals surface area contributed by atoms with Gasteiger partial charge in [-0.15, -0.1) is 0 Å². The number of aromatic hydroxyl groups is 1. The molecule has 1 amide bonds. The van der Waals surface area contributed by atoms with Gasteiger partial charge in [0, 0.05) is 4.47 Å². The number of amides is 1. The Kier molecular flexibility index (Phi) is 4.59. The zero-order chi connectivity index (χ0) is 15.4. The first-order valence-corrected chi connectivity index (χ1v) is 6.79. The molecule has 0 heterocycles. The second-order valence-corrected chi connectivity index (χ2v) is 5.06. The number of benzene rings is 2. The summed E-state index contributed by atoms with van der Waals surface area (Å²) in [7, 11) is 1.42. The number of phenolic OH excluding ortho intramolecular Hbond substituents is 1. The van der Waals surface area contributed by atoms with Crippen molar-refractivity contribution in [1.82, 2.24) is 0 Å². The number of para-hydroxylation sites is 2. The average Bonchev–Trinajstić information content (AvgIpc) is 2.48. The largest absolute Gasteiger partial charge is 0.506 e. The van der Waals surface area contributed by atoms with Crippen LogP contribution in [0.3, 0.4) is 0 Å². The van der Waals surface area contributed by atoms with Crippen molar-refractivity contribution in [3.8, 4) is 11.5 Å². The van der Waals surface area contributed by atoms with E-state index in [9.17, 15) is 14.7 Å². The van der Waals surface area contributed by atoms with Gasteiger partial charge in [0.15, 0.2) is 0 Å². The van der Waals surface area contributed by atoms with Crippen LogP contribution >= 0.6 is 15.9 Å². The van der Waals surface area contributed by atoms with Crippen molar-refractivity contribution >= 4 is 33.3 Å². The van der Waals surface area contributed by atoms with E-state index in [1.165, 1.54) is 25.3 Å². The maximum atomic E-state index is 12.2.